The number of aliphatic hydroxyl groups excluding tert-OH is 2. The van der Waals surface area contributed by atoms with Gasteiger partial charge in [-0.25, -0.2) is 0 Å². The van der Waals surface area contributed by atoms with Crippen molar-refractivity contribution in [2.45, 2.75) is 187 Å². The highest BCUT2D eigenvalue weighted by atomic mass is 16.5. The van der Waals surface area contributed by atoms with E-state index in [4.69, 9.17) is 4.74 Å². The van der Waals surface area contributed by atoms with E-state index in [1.54, 1.807) is 6.08 Å². The number of aliphatic hydroxyl groups is 2. The second-order valence-electron chi connectivity index (χ2n) is 14.8. The standard InChI is InChI=1S/C52H83NO5/c1-4-7-10-13-16-19-22-25-27-28-31-34-37-40-43-48(58-52(57)45-42-39-36-33-30-26-23-20-17-14-11-8-5-2)46-51(56)53-49(47-54)50(55)44-41-38-35-32-29-24-21-18-15-12-9-6-3/h7-8,10-11,14,16-17,19-20,23,25-27,30-31,33-34,36,40,43,48-50,54-55H,4-6,9,12-13,15,18,21-22,24,28-29,32,35,37-39,41-42,44-47H2,1-3H3,(H,53,56)/b10-7+,11-8+,17-14+,19-16+,23-20-,27-25+,30-26-,34-31+,36-33+,43-40+. The number of hydrogen-bond donors (Lipinski definition) is 3. The first-order valence-electron chi connectivity index (χ1n) is 22.8. The minimum Gasteiger partial charge on any atom is -0.458 e. The second kappa shape index (κ2) is 44.4. The number of hydrogen-bond acceptors (Lipinski definition) is 5. The fraction of sp³-hybridized carbons (Fsp3) is 0.577. The van der Waals surface area contributed by atoms with Gasteiger partial charge in [-0.3, -0.25) is 9.59 Å². The molecule has 58 heavy (non-hydrogen) atoms. The number of esters is 1. The van der Waals surface area contributed by atoms with Crippen LogP contribution in [0, 0.1) is 0 Å². The molecule has 0 aromatic carbocycles. The minimum atomic E-state index is -0.837. The smallest absolute Gasteiger partial charge is 0.306 e. The minimum absolute atomic E-state index is 0.0828. The van der Waals surface area contributed by atoms with Crippen molar-refractivity contribution in [2.24, 2.45) is 0 Å². The summed E-state index contributed by atoms with van der Waals surface area (Å²) in [4.78, 5) is 25.9. The van der Waals surface area contributed by atoms with Gasteiger partial charge in [-0.15, -0.1) is 0 Å². The Morgan fingerprint density at radius 2 is 1.02 bits per heavy atom. The van der Waals surface area contributed by atoms with Crippen LogP contribution in [0.2, 0.25) is 0 Å². The first-order valence-corrected chi connectivity index (χ1v) is 22.8. The third-order valence-corrected chi connectivity index (χ3v) is 9.41. The molecule has 0 fully saturated rings. The number of carbonyl (C=O) groups is 2. The van der Waals surface area contributed by atoms with Gasteiger partial charge in [0.25, 0.3) is 0 Å². The first-order chi connectivity index (χ1) is 28.5. The lowest BCUT2D eigenvalue weighted by molar-refractivity contribution is -0.148. The summed E-state index contributed by atoms with van der Waals surface area (Å²) in [5.74, 6) is -0.733. The third-order valence-electron chi connectivity index (χ3n) is 9.41. The molecule has 0 saturated carbocycles. The monoisotopic (exact) mass is 802 g/mol. The fourth-order valence-electron chi connectivity index (χ4n) is 6.01. The Hall–Kier alpha value is -3.74. The normalized spacial score (nSPS) is 14.5. The Morgan fingerprint density at radius 1 is 0.552 bits per heavy atom. The van der Waals surface area contributed by atoms with Gasteiger partial charge in [0.05, 0.1) is 25.2 Å². The van der Waals surface area contributed by atoms with Crippen LogP contribution >= 0.6 is 0 Å². The molecule has 0 spiro atoms. The molecule has 326 valence electrons. The molecule has 6 nitrogen and oxygen atoms in total. The Balaban J connectivity index is 4.92. The van der Waals surface area contributed by atoms with E-state index in [0.29, 0.717) is 19.3 Å². The maximum atomic E-state index is 13.1. The van der Waals surface area contributed by atoms with Crippen molar-refractivity contribution in [1.29, 1.82) is 0 Å². The fourth-order valence-corrected chi connectivity index (χ4v) is 6.01. The van der Waals surface area contributed by atoms with E-state index in [1.807, 2.05) is 60.8 Å². The highest BCUT2D eigenvalue weighted by Gasteiger charge is 2.23. The van der Waals surface area contributed by atoms with Gasteiger partial charge in [0, 0.05) is 6.42 Å². The van der Waals surface area contributed by atoms with Crippen molar-refractivity contribution in [1.82, 2.24) is 5.32 Å². The third kappa shape index (κ3) is 39.1. The van der Waals surface area contributed by atoms with Gasteiger partial charge < -0.3 is 20.3 Å². The lowest BCUT2D eigenvalue weighted by Crippen LogP contribution is -2.46. The molecule has 0 radical (unpaired) electrons. The molecule has 0 aliphatic rings. The molecule has 0 aromatic heterocycles. The highest BCUT2D eigenvalue weighted by Crippen LogP contribution is 2.14. The Morgan fingerprint density at radius 3 is 1.53 bits per heavy atom. The molecule has 3 atom stereocenters. The summed E-state index contributed by atoms with van der Waals surface area (Å²) in [5, 5.41) is 23.6. The molecular weight excluding hydrogens is 719 g/mol. The van der Waals surface area contributed by atoms with Crippen LogP contribution in [0.5, 0.6) is 0 Å². The first kappa shape index (κ1) is 54.3. The molecule has 3 N–H and O–H groups in total. The summed E-state index contributed by atoms with van der Waals surface area (Å²) < 4.78 is 5.75. The molecule has 0 aliphatic carbocycles. The van der Waals surface area contributed by atoms with E-state index in [9.17, 15) is 19.8 Å². The molecule has 0 saturated heterocycles. The van der Waals surface area contributed by atoms with E-state index in [2.05, 4.69) is 80.8 Å². The quantitative estimate of drug-likeness (QED) is 0.0250. The summed E-state index contributed by atoms with van der Waals surface area (Å²) in [5.41, 5.74) is 0. The summed E-state index contributed by atoms with van der Waals surface area (Å²) in [6.45, 7) is 6.13. The summed E-state index contributed by atoms with van der Waals surface area (Å²) in [6.07, 6.45) is 61.5. The van der Waals surface area contributed by atoms with E-state index < -0.39 is 18.2 Å². The van der Waals surface area contributed by atoms with Crippen LogP contribution in [0.3, 0.4) is 0 Å². The number of ether oxygens (including phenoxy) is 1. The molecule has 0 heterocycles. The van der Waals surface area contributed by atoms with Crippen molar-refractivity contribution >= 4 is 11.9 Å². The van der Waals surface area contributed by atoms with E-state index in [0.717, 1.165) is 57.8 Å². The molecule has 0 aromatic rings. The lowest BCUT2D eigenvalue weighted by Gasteiger charge is -2.23. The topological polar surface area (TPSA) is 95.9 Å². The van der Waals surface area contributed by atoms with Crippen molar-refractivity contribution in [2.75, 3.05) is 6.61 Å². The Bertz CT molecular complexity index is 1260. The molecule has 0 rings (SSSR count). The largest absolute Gasteiger partial charge is 0.458 e. The summed E-state index contributed by atoms with van der Waals surface area (Å²) >= 11 is 0. The van der Waals surface area contributed by atoms with Crippen LogP contribution in [0.15, 0.2) is 122 Å². The zero-order chi connectivity index (χ0) is 42.4. The van der Waals surface area contributed by atoms with Gasteiger partial charge in [-0.05, 0) is 63.9 Å². The number of nitrogens with one attached hydrogen (secondary N) is 1. The zero-order valence-corrected chi connectivity index (χ0v) is 36.9. The maximum absolute atomic E-state index is 13.1. The van der Waals surface area contributed by atoms with Crippen LogP contribution in [-0.2, 0) is 14.3 Å². The van der Waals surface area contributed by atoms with Gasteiger partial charge in [0.2, 0.25) is 5.91 Å². The maximum Gasteiger partial charge on any atom is 0.306 e. The van der Waals surface area contributed by atoms with Gasteiger partial charge >= 0.3 is 5.97 Å². The van der Waals surface area contributed by atoms with Gasteiger partial charge in [0.1, 0.15) is 6.10 Å². The number of allylic oxidation sites excluding steroid dienone is 19. The number of unbranched alkanes of at least 4 members (excludes halogenated alkanes) is 12. The molecular formula is C52H83NO5. The predicted octanol–water partition coefficient (Wildman–Crippen LogP) is 13.3. The zero-order valence-electron chi connectivity index (χ0n) is 36.9. The lowest BCUT2D eigenvalue weighted by atomic mass is 10.0. The molecule has 6 heteroatoms. The van der Waals surface area contributed by atoms with E-state index in [-0.39, 0.29) is 31.3 Å². The van der Waals surface area contributed by atoms with Crippen LogP contribution < -0.4 is 5.32 Å². The van der Waals surface area contributed by atoms with Crippen LogP contribution in [0.1, 0.15) is 168 Å². The van der Waals surface area contributed by atoms with Crippen LogP contribution in [0.25, 0.3) is 0 Å². The van der Waals surface area contributed by atoms with Gasteiger partial charge in [0.15, 0.2) is 0 Å². The summed E-state index contributed by atoms with van der Waals surface area (Å²) in [7, 11) is 0. The highest BCUT2D eigenvalue weighted by molar-refractivity contribution is 5.78. The molecule has 1 amide bonds. The average Bonchev–Trinajstić information content (AvgIpc) is 3.22. The average molecular weight is 802 g/mol. The SMILES string of the molecule is CC/C=C/C=C/C=C\C=C/C=C/CCCC(=O)OC(/C=C/C/C=C/C/C=C/C/C=C/C/C=C/CC)CC(=O)NC(CO)C(O)CCCCCCCCCCCCCC. The summed E-state index contributed by atoms with van der Waals surface area (Å²) in [6, 6.07) is -0.763. The molecule has 0 aliphatic heterocycles. The van der Waals surface area contributed by atoms with Crippen LogP contribution in [0.4, 0.5) is 0 Å². The van der Waals surface area contributed by atoms with Crippen molar-refractivity contribution in [3.63, 3.8) is 0 Å². The van der Waals surface area contributed by atoms with Crippen molar-refractivity contribution < 1.29 is 24.5 Å². The number of carbonyl (C=O) groups excluding carboxylic acids is 2. The Kier molecular flexibility index (Phi) is 41.5. The van der Waals surface area contributed by atoms with Crippen molar-refractivity contribution in [3.05, 3.63) is 122 Å². The molecule has 0 bridgehead atoms. The van der Waals surface area contributed by atoms with Crippen LogP contribution in [-0.4, -0.2) is 46.9 Å². The predicted molar refractivity (Wildman–Crippen MR) is 250 cm³/mol. The van der Waals surface area contributed by atoms with Gasteiger partial charge in [-0.1, -0.05) is 213 Å². The number of amides is 1. The molecule has 3 unspecified atom stereocenters. The van der Waals surface area contributed by atoms with E-state index in [1.165, 1.54) is 57.8 Å². The van der Waals surface area contributed by atoms with E-state index >= 15 is 0 Å². The second-order valence-corrected chi connectivity index (χ2v) is 14.8. The van der Waals surface area contributed by atoms with Crippen molar-refractivity contribution in [3.8, 4) is 0 Å². The number of rotatable bonds is 38. The Labute approximate surface area is 355 Å². The van der Waals surface area contributed by atoms with Gasteiger partial charge in [-0.2, -0.15) is 0 Å².